The number of methoxy groups -OCH3 is 1. The number of para-hydroxylation sites is 1. The topological polar surface area (TPSA) is 49.9 Å². The number of carbonyl (C=O) groups excluding carboxylic acids is 2. The van der Waals surface area contributed by atoms with Crippen LogP contribution in [0.2, 0.25) is 0 Å². The molecule has 0 aromatic heterocycles. The highest BCUT2D eigenvalue weighted by molar-refractivity contribution is 6.07. The van der Waals surface area contributed by atoms with Crippen LogP contribution in [0.15, 0.2) is 78.9 Å². The molecule has 31 heavy (non-hydrogen) atoms. The van der Waals surface area contributed by atoms with Gasteiger partial charge in [-0.25, -0.2) is 0 Å². The van der Waals surface area contributed by atoms with Crippen LogP contribution in [-0.4, -0.2) is 25.0 Å². The van der Waals surface area contributed by atoms with Crippen LogP contribution >= 0.6 is 0 Å². The lowest BCUT2D eigenvalue weighted by atomic mass is 9.89. The van der Waals surface area contributed by atoms with Crippen LogP contribution in [0.4, 0.5) is 11.4 Å². The predicted molar refractivity (Wildman–Crippen MR) is 123 cm³/mol. The maximum Gasteiger partial charge on any atom is 0.258 e. The molecule has 1 aliphatic rings. The highest BCUT2D eigenvalue weighted by Gasteiger charge is 2.38. The normalized spacial score (nSPS) is 17.6. The summed E-state index contributed by atoms with van der Waals surface area (Å²) in [5.41, 5.74) is 3.19. The number of fused-ring (bicyclic) bond motifs is 1. The third-order valence-electron chi connectivity index (χ3n) is 5.78. The number of benzene rings is 3. The van der Waals surface area contributed by atoms with Gasteiger partial charge in [0, 0.05) is 35.5 Å². The van der Waals surface area contributed by atoms with E-state index in [9.17, 15) is 9.59 Å². The molecule has 2 atom stereocenters. The molecule has 0 saturated heterocycles. The third kappa shape index (κ3) is 3.91. The summed E-state index contributed by atoms with van der Waals surface area (Å²) in [6.45, 7) is 3.61. The van der Waals surface area contributed by atoms with E-state index in [0.29, 0.717) is 17.7 Å². The number of carbonyl (C=O) groups is 2. The van der Waals surface area contributed by atoms with Crippen molar-refractivity contribution in [2.75, 3.05) is 16.9 Å². The molecule has 0 aliphatic carbocycles. The number of amides is 2. The van der Waals surface area contributed by atoms with Crippen molar-refractivity contribution < 1.29 is 14.3 Å². The van der Waals surface area contributed by atoms with Gasteiger partial charge >= 0.3 is 0 Å². The minimum absolute atomic E-state index is 0.0417. The SMILES string of the molecule is COc1ccc2c(c1)C(N(C(C)=O)c1ccccc1)CC(C)N2C(=O)c1ccccc1. The van der Waals surface area contributed by atoms with E-state index in [-0.39, 0.29) is 23.9 Å². The minimum Gasteiger partial charge on any atom is -0.497 e. The van der Waals surface area contributed by atoms with Gasteiger partial charge in [-0.1, -0.05) is 36.4 Å². The monoisotopic (exact) mass is 414 g/mol. The van der Waals surface area contributed by atoms with Crippen LogP contribution in [-0.2, 0) is 4.79 Å². The van der Waals surface area contributed by atoms with Crippen LogP contribution in [0.3, 0.4) is 0 Å². The molecular formula is C26H26N2O3. The third-order valence-corrected chi connectivity index (χ3v) is 5.78. The highest BCUT2D eigenvalue weighted by Crippen LogP contribution is 2.44. The van der Waals surface area contributed by atoms with Gasteiger partial charge in [0.1, 0.15) is 5.75 Å². The molecule has 2 amide bonds. The lowest BCUT2D eigenvalue weighted by Crippen LogP contribution is -2.47. The van der Waals surface area contributed by atoms with Crippen LogP contribution in [0.5, 0.6) is 5.75 Å². The fraction of sp³-hybridized carbons (Fsp3) is 0.231. The average molecular weight is 415 g/mol. The number of rotatable bonds is 4. The summed E-state index contributed by atoms with van der Waals surface area (Å²) in [5.74, 6) is 0.606. The van der Waals surface area contributed by atoms with Crippen molar-refractivity contribution in [3.63, 3.8) is 0 Å². The van der Waals surface area contributed by atoms with Crippen molar-refractivity contribution in [2.24, 2.45) is 0 Å². The molecule has 4 rings (SSSR count). The van der Waals surface area contributed by atoms with Crippen molar-refractivity contribution in [2.45, 2.75) is 32.4 Å². The quantitative estimate of drug-likeness (QED) is 0.587. The van der Waals surface area contributed by atoms with Gasteiger partial charge in [0.25, 0.3) is 5.91 Å². The van der Waals surface area contributed by atoms with Crippen LogP contribution in [0.1, 0.15) is 42.2 Å². The molecule has 158 valence electrons. The lowest BCUT2D eigenvalue weighted by Gasteiger charge is -2.43. The zero-order chi connectivity index (χ0) is 22.0. The number of hydrogen-bond acceptors (Lipinski definition) is 3. The first kappa shape index (κ1) is 20.7. The number of ether oxygens (including phenoxy) is 1. The Hall–Kier alpha value is -3.60. The number of anilines is 2. The Labute approximate surface area is 182 Å². The van der Waals surface area contributed by atoms with Crippen LogP contribution < -0.4 is 14.5 Å². The Morgan fingerprint density at radius 1 is 0.968 bits per heavy atom. The fourth-order valence-electron chi connectivity index (χ4n) is 4.38. The molecule has 0 N–H and O–H groups in total. The summed E-state index contributed by atoms with van der Waals surface area (Å²) < 4.78 is 5.47. The molecule has 2 unspecified atom stereocenters. The Morgan fingerprint density at radius 3 is 2.23 bits per heavy atom. The smallest absolute Gasteiger partial charge is 0.258 e. The second-order valence-corrected chi connectivity index (χ2v) is 7.79. The molecule has 0 spiro atoms. The summed E-state index contributed by atoms with van der Waals surface area (Å²) in [6, 6.07) is 24.4. The van der Waals surface area contributed by atoms with E-state index >= 15 is 0 Å². The summed E-state index contributed by atoms with van der Waals surface area (Å²) >= 11 is 0. The minimum atomic E-state index is -0.208. The Bertz CT molecular complexity index is 1080. The molecule has 1 aliphatic heterocycles. The van der Waals surface area contributed by atoms with E-state index in [0.717, 1.165) is 16.9 Å². The zero-order valence-electron chi connectivity index (χ0n) is 18.0. The van der Waals surface area contributed by atoms with Crippen molar-refractivity contribution in [3.8, 4) is 5.75 Å². The molecule has 0 saturated carbocycles. The maximum atomic E-state index is 13.4. The molecule has 5 nitrogen and oxygen atoms in total. The van der Waals surface area contributed by atoms with E-state index in [1.165, 1.54) is 0 Å². The van der Waals surface area contributed by atoms with E-state index in [1.807, 2.05) is 95.6 Å². The van der Waals surface area contributed by atoms with Crippen molar-refractivity contribution in [1.82, 2.24) is 0 Å². The average Bonchev–Trinajstić information content (AvgIpc) is 2.79. The second-order valence-electron chi connectivity index (χ2n) is 7.79. The molecule has 3 aromatic rings. The summed E-state index contributed by atoms with van der Waals surface area (Å²) in [5, 5.41) is 0. The highest BCUT2D eigenvalue weighted by atomic mass is 16.5. The predicted octanol–water partition coefficient (Wildman–Crippen LogP) is 5.23. The summed E-state index contributed by atoms with van der Waals surface area (Å²) in [7, 11) is 1.62. The van der Waals surface area contributed by atoms with E-state index in [4.69, 9.17) is 4.74 Å². The van der Waals surface area contributed by atoms with Gasteiger partial charge in [0.05, 0.1) is 13.2 Å². The van der Waals surface area contributed by atoms with E-state index in [2.05, 4.69) is 0 Å². The van der Waals surface area contributed by atoms with Gasteiger partial charge in [-0.2, -0.15) is 0 Å². The van der Waals surface area contributed by atoms with Gasteiger partial charge in [0.15, 0.2) is 0 Å². The summed E-state index contributed by atoms with van der Waals surface area (Å²) in [4.78, 5) is 29.8. The molecule has 1 heterocycles. The van der Waals surface area contributed by atoms with Crippen molar-refractivity contribution in [3.05, 3.63) is 90.0 Å². The number of hydrogen-bond donors (Lipinski definition) is 0. The standard InChI is InChI=1S/C26H26N2O3/c1-18-16-25(28(19(2)29)21-12-8-5-9-13-21)23-17-22(31-3)14-15-24(23)27(18)26(30)20-10-6-4-7-11-20/h4-15,17-18,25H,16H2,1-3H3. The summed E-state index contributed by atoms with van der Waals surface area (Å²) in [6.07, 6.45) is 0.618. The fourth-order valence-corrected chi connectivity index (χ4v) is 4.38. The molecule has 0 radical (unpaired) electrons. The lowest BCUT2D eigenvalue weighted by molar-refractivity contribution is -0.117. The first-order valence-corrected chi connectivity index (χ1v) is 10.4. The van der Waals surface area contributed by atoms with Crippen LogP contribution in [0.25, 0.3) is 0 Å². The molecule has 0 bridgehead atoms. The van der Waals surface area contributed by atoms with E-state index < -0.39 is 0 Å². The van der Waals surface area contributed by atoms with Crippen molar-refractivity contribution >= 4 is 23.2 Å². The second kappa shape index (κ2) is 8.64. The van der Waals surface area contributed by atoms with Crippen molar-refractivity contribution in [1.29, 1.82) is 0 Å². The van der Waals surface area contributed by atoms with Gasteiger partial charge in [-0.15, -0.1) is 0 Å². The molecule has 3 aromatic carbocycles. The molecule has 0 fully saturated rings. The maximum absolute atomic E-state index is 13.4. The Balaban J connectivity index is 1.84. The van der Waals surface area contributed by atoms with Gasteiger partial charge in [0.2, 0.25) is 5.91 Å². The number of nitrogens with zero attached hydrogens (tertiary/aromatic N) is 2. The molecular weight excluding hydrogens is 388 g/mol. The largest absolute Gasteiger partial charge is 0.497 e. The molecule has 5 heteroatoms. The van der Waals surface area contributed by atoms with Gasteiger partial charge in [-0.3, -0.25) is 9.59 Å². The van der Waals surface area contributed by atoms with E-state index in [1.54, 1.807) is 14.0 Å². The zero-order valence-corrected chi connectivity index (χ0v) is 18.0. The van der Waals surface area contributed by atoms with Crippen LogP contribution in [0, 0.1) is 0 Å². The Morgan fingerprint density at radius 2 is 1.61 bits per heavy atom. The first-order chi connectivity index (χ1) is 15.0. The first-order valence-electron chi connectivity index (χ1n) is 10.4. The van der Waals surface area contributed by atoms with Gasteiger partial charge < -0.3 is 14.5 Å². The van der Waals surface area contributed by atoms with Gasteiger partial charge in [-0.05, 0) is 55.8 Å². The Kier molecular flexibility index (Phi) is 5.76.